The van der Waals surface area contributed by atoms with E-state index in [1.807, 2.05) is 12.1 Å². The summed E-state index contributed by atoms with van der Waals surface area (Å²) in [5.41, 5.74) is 1.95. The molecule has 1 saturated carbocycles. The minimum Gasteiger partial charge on any atom is -0.423 e. The van der Waals surface area contributed by atoms with Crippen LogP contribution in [0.25, 0.3) is 0 Å². The maximum absolute atomic E-state index is 9.12. The lowest BCUT2D eigenvalue weighted by atomic mass is 9.75. The van der Waals surface area contributed by atoms with Crippen molar-refractivity contribution in [1.29, 1.82) is 0 Å². The first-order valence-electron chi connectivity index (χ1n) is 8.16. The van der Waals surface area contributed by atoms with Crippen LogP contribution in [0.4, 0.5) is 0 Å². The molecular weight excluding hydrogens is 247 g/mol. The highest BCUT2D eigenvalue weighted by Gasteiger charge is 2.22. The summed E-state index contributed by atoms with van der Waals surface area (Å²) < 4.78 is 0. The Balaban J connectivity index is 1.81. The first-order chi connectivity index (χ1) is 9.70. The van der Waals surface area contributed by atoms with Gasteiger partial charge < -0.3 is 10.0 Å². The molecule has 1 aromatic rings. The third-order valence-electron chi connectivity index (χ3n) is 4.77. The predicted molar refractivity (Wildman–Crippen MR) is 85.1 cm³/mol. The SMILES string of the molecule is CCCCC[C@H]1CC[C@H](c2ccc(B(O)O)cc2)CC1. The number of rotatable bonds is 6. The molecule has 3 heteroatoms. The minimum atomic E-state index is -1.35. The smallest absolute Gasteiger partial charge is 0.423 e. The van der Waals surface area contributed by atoms with E-state index in [0.717, 1.165) is 5.92 Å². The van der Waals surface area contributed by atoms with E-state index in [1.54, 1.807) is 0 Å². The van der Waals surface area contributed by atoms with Crippen molar-refractivity contribution in [2.24, 2.45) is 5.92 Å². The summed E-state index contributed by atoms with van der Waals surface area (Å²) >= 11 is 0. The number of hydrogen-bond donors (Lipinski definition) is 2. The maximum atomic E-state index is 9.12. The summed E-state index contributed by atoms with van der Waals surface area (Å²) in [6, 6.07) is 7.81. The Morgan fingerprint density at radius 3 is 2.20 bits per heavy atom. The van der Waals surface area contributed by atoms with Crippen LogP contribution >= 0.6 is 0 Å². The van der Waals surface area contributed by atoms with Crippen LogP contribution in [0.15, 0.2) is 24.3 Å². The minimum absolute atomic E-state index is 0.585. The number of hydrogen-bond acceptors (Lipinski definition) is 2. The van der Waals surface area contributed by atoms with E-state index in [2.05, 4.69) is 19.1 Å². The summed E-state index contributed by atoms with van der Waals surface area (Å²) in [6.07, 6.45) is 10.8. The van der Waals surface area contributed by atoms with Crippen molar-refractivity contribution < 1.29 is 10.0 Å². The monoisotopic (exact) mass is 274 g/mol. The molecule has 0 aliphatic heterocycles. The Hall–Kier alpha value is -0.795. The van der Waals surface area contributed by atoms with Gasteiger partial charge in [0.1, 0.15) is 0 Å². The average Bonchev–Trinajstić information content (AvgIpc) is 2.48. The molecule has 0 unspecified atom stereocenters. The van der Waals surface area contributed by atoms with Crippen LogP contribution in [0.3, 0.4) is 0 Å². The van der Waals surface area contributed by atoms with Gasteiger partial charge in [-0.2, -0.15) is 0 Å². The van der Waals surface area contributed by atoms with E-state index in [9.17, 15) is 0 Å². The molecule has 0 bridgehead atoms. The van der Waals surface area contributed by atoms with Gasteiger partial charge in [0.25, 0.3) is 0 Å². The Labute approximate surface area is 123 Å². The molecule has 110 valence electrons. The molecule has 0 radical (unpaired) electrons. The molecule has 20 heavy (non-hydrogen) atoms. The molecule has 0 heterocycles. The standard InChI is InChI=1S/C17H27BO2/c1-2-3-4-5-14-6-8-15(9-7-14)16-10-12-17(13-11-16)18(19)20/h10-15,19-20H,2-9H2,1H3/t14-,15-. The van der Waals surface area contributed by atoms with Crippen LogP contribution in [-0.4, -0.2) is 17.2 Å². The van der Waals surface area contributed by atoms with Crippen LogP contribution in [0, 0.1) is 5.92 Å². The predicted octanol–water partition coefficient (Wildman–Crippen LogP) is 3.22. The van der Waals surface area contributed by atoms with Gasteiger partial charge in [0, 0.05) is 0 Å². The van der Waals surface area contributed by atoms with Crippen molar-refractivity contribution in [1.82, 2.24) is 0 Å². The summed E-state index contributed by atoms with van der Waals surface area (Å²) in [5, 5.41) is 18.2. The van der Waals surface area contributed by atoms with E-state index >= 15 is 0 Å². The van der Waals surface area contributed by atoms with Crippen molar-refractivity contribution in [3.05, 3.63) is 29.8 Å². The number of benzene rings is 1. The molecule has 0 spiro atoms. The highest BCUT2D eigenvalue weighted by molar-refractivity contribution is 6.58. The molecule has 1 aromatic carbocycles. The van der Waals surface area contributed by atoms with Gasteiger partial charge in [-0.05, 0) is 48.5 Å². The first kappa shape index (κ1) is 15.6. The summed E-state index contributed by atoms with van der Waals surface area (Å²) in [7, 11) is -1.35. The van der Waals surface area contributed by atoms with Gasteiger partial charge in [0.05, 0.1) is 0 Å². The quantitative estimate of drug-likeness (QED) is 0.617. The van der Waals surface area contributed by atoms with Crippen LogP contribution in [0.2, 0.25) is 0 Å². The summed E-state index contributed by atoms with van der Waals surface area (Å²) in [4.78, 5) is 0. The molecule has 2 rings (SSSR count). The van der Waals surface area contributed by atoms with Gasteiger partial charge in [0.2, 0.25) is 0 Å². The zero-order valence-corrected chi connectivity index (χ0v) is 12.6. The lowest BCUT2D eigenvalue weighted by Gasteiger charge is -2.29. The average molecular weight is 274 g/mol. The topological polar surface area (TPSA) is 40.5 Å². The molecule has 1 aliphatic carbocycles. The molecule has 0 aromatic heterocycles. The van der Waals surface area contributed by atoms with E-state index in [4.69, 9.17) is 10.0 Å². The Kier molecular flexibility index (Phi) is 6.12. The zero-order valence-electron chi connectivity index (χ0n) is 12.6. The summed E-state index contributed by atoms with van der Waals surface area (Å²) in [5.74, 6) is 1.61. The van der Waals surface area contributed by atoms with Crippen molar-refractivity contribution in [2.45, 2.75) is 64.2 Å². The second-order valence-electron chi connectivity index (χ2n) is 6.25. The highest BCUT2D eigenvalue weighted by Crippen LogP contribution is 2.37. The fourth-order valence-corrected chi connectivity index (χ4v) is 3.41. The van der Waals surface area contributed by atoms with Crippen molar-refractivity contribution >= 4 is 12.6 Å². The van der Waals surface area contributed by atoms with E-state index < -0.39 is 7.12 Å². The van der Waals surface area contributed by atoms with Gasteiger partial charge in [-0.3, -0.25) is 0 Å². The Bertz CT molecular complexity index is 380. The fourth-order valence-electron chi connectivity index (χ4n) is 3.41. The maximum Gasteiger partial charge on any atom is 0.488 e. The van der Waals surface area contributed by atoms with E-state index in [-0.39, 0.29) is 0 Å². The molecule has 2 nitrogen and oxygen atoms in total. The van der Waals surface area contributed by atoms with Crippen molar-refractivity contribution in [3.63, 3.8) is 0 Å². The zero-order chi connectivity index (χ0) is 14.4. The molecular formula is C17H27BO2. The summed E-state index contributed by atoms with van der Waals surface area (Å²) in [6.45, 7) is 2.27. The van der Waals surface area contributed by atoms with Gasteiger partial charge in [-0.1, -0.05) is 56.9 Å². The first-order valence-corrected chi connectivity index (χ1v) is 8.16. The van der Waals surface area contributed by atoms with Crippen LogP contribution in [0.1, 0.15) is 69.8 Å². The van der Waals surface area contributed by atoms with E-state index in [1.165, 1.54) is 56.9 Å². The van der Waals surface area contributed by atoms with Crippen molar-refractivity contribution in [2.75, 3.05) is 0 Å². The molecule has 0 saturated heterocycles. The van der Waals surface area contributed by atoms with Crippen molar-refractivity contribution in [3.8, 4) is 0 Å². The molecule has 1 aliphatic rings. The number of unbranched alkanes of at least 4 members (excludes halogenated alkanes) is 2. The van der Waals surface area contributed by atoms with Crippen LogP contribution in [0.5, 0.6) is 0 Å². The van der Waals surface area contributed by atoms with E-state index in [0.29, 0.717) is 11.4 Å². The van der Waals surface area contributed by atoms with Crippen LogP contribution in [-0.2, 0) is 0 Å². The second-order valence-corrected chi connectivity index (χ2v) is 6.25. The molecule has 0 amide bonds. The third-order valence-corrected chi connectivity index (χ3v) is 4.77. The highest BCUT2D eigenvalue weighted by atomic mass is 16.4. The lowest BCUT2D eigenvalue weighted by Crippen LogP contribution is -2.29. The largest absolute Gasteiger partial charge is 0.488 e. The fraction of sp³-hybridized carbons (Fsp3) is 0.647. The van der Waals surface area contributed by atoms with Gasteiger partial charge in [-0.15, -0.1) is 0 Å². The normalized spacial score (nSPS) is 22.8. The third kappa shape index (κ3) is 4.36. The van der Waals surface area contributed by atoms with Gasteiger partial charge >= 0.3 is 7.12 Å². The van der Waals surface area contributed by atoms with Gasteiger partial charge in [-0.25, -0.2) is 0 Å². The van der Waals surface area contributed by atoms with Crippen LogP contribution < -0.4 is 5.46 Å². The van der Waals surface area contributed by atoms with Gasteiger partial charge in [0.15, 0.2) is 0 Å². The Morgan fingerprint density at radius 1 is 1.00 bits per heavy atom. The lowest BCUT2D eigenvalue weighted by molar-refractivity contribution is 0.303. The second kappa shape index (κ2) is 7.85. The molecule has 1 fully saturated rings. The Morgan fingerprint density at radius 2 is 1.65 bits per heavy atom. The molecule has 2 N–H and O–H groups in total. The molecule has 0 atom stereocenters.